The van der Waals surface area contributed by atoms with E-state index >= 15 is 0 Å². The highest BCUT2D eigenvalue weighted by Gasteiger charge is 2.35. The van der Waals surface area contributed by atoms with Gasteiger partial charge in [0.15, 0.2) is 11.5 Å². The summed E-state index contributed by atoms with van der Waals surface area (Å²) >= 11 is 0. The molecule has 1 N–H and O–H groups in total. The lowest BCUT2D eigenvalue weighted by atomic mass is 9.80. The van der Waals surface area contributed by atoms with Gasteiger partial charge in [0.1, 0.15) is 0 Å². The molecule has 2 aliphatic rings. The summed E-state index contributed by atoms with van der Waals surface area (Å²) in [6.45, 7) is 10.3. The Balaban J connectivity index is 1.50. The minimum atomic E-state index is -0.354. The number of hydrogen-bond acceptors (Lipinski definition) is 4. The first-order valence-corrected chi connectivity index (χ1v) is 10.2. The van der Waals surface area contributed by atoms with Gasteiger partial charge in [0.05, 0.1) is 0 Å². The number of nitrogens with one attached hydrogen (secondary N) is 1. The quantitative estimate of drug-likeness (QED) is 0.840. The van der Waals surface area contributed by atoms with Crippen molar-refractivity contribution in [2.24, 2.45) is 17.3 Å². The summed E-state index contributed by atoms with van der Waals surface area (Å²) in [6, 6.07) is 5.73. The van der Waals surface area contributed by atoms with E-state index in [0.29, 0.717) is 24.8 Å². The molecule has 3 rings (SSSR count). The molecule has 0 aromatic heterocycles. The van der Waals surface area contributed by atoms with Crippen molar-refractivity contribution in [3.8, 4) is 11.5 Å². The van der Waals surface area contributed by atoms with Gasteiger partial charge >= 0.3 is 0 Å². The van der Waals surface area contributed by atoms with Crippen molar-refractivity contribution in [3.63, 3.8) is 0 Å². The van der Waals surface area contributed by atoms with Gasteiger partial charge in [-0.05, 0) is 36.0 Å². The average Bonchev–Trinajstić information content (AvgIpc) is 3.13. The van der Waals surface area contributed by atoms with Crippen molar-refractivity contribution >= 4 is 11.8 Å². The van der Waals surface area contributed by atoms with E-state index < -0.39 is 0 Å². The van der Waals surface area contributed by atoms with E-state index in [1.54, 1.807) is 0 Å². The Morgan fingerprint density at radius 3 is 2.64 bits per heavy atom. The minimum absolute atomic E-state index is 0.0664. The minimum Gasteiger partial charge on any atom is -0.454 e. The van der Waals surface area contributed by atoms with Crippen LogP contribution in [-0.4, -0.2) is 36.6 Å². The fourth-order valence-electron chi connectivity index (χ4n) is 4.03. The van der Waals surface area contributed by atoms with E-state index in [1.807, 2.05) is 43.9 Å². The van der Waals surface area contributed by atoms with Crippen LogP contribution in [0.25, 0.3) is 0 Å². The maximum Gasteiger partial charge on any atom is 0.231 e. The highest BCUT2D eigenvalue weighted by Crippen LogP contribution is 2.33. The number of ether oxygens (including phenoxy) is 2. The highest BCUT2D eigenvalue weighted by molar-refractivity contribution is 5.81. The van der Waals surface area contributed by atoms with E-state index in [-0.39, 0.29) is 24.0 Å². The summed E-state index contributed by atoms with van der Waals surface area (Å²) in [7, 11) is 0. The smallest absolute Gasteiger partial charge is 0.231 e. The van der Waals surface area contributed by atoms with Crippen LogP contribution >= 0.6 is 0 Å². The second kappa shape index (κ2) is 8.41. The van der Waals surface area contributed by atoms with Gasteiger partial charge in [-0.25, -0.2) is 0 Å². The zero-order valence-corrected chi connectivity index (χ0v) is 17.4. The standard InChI is InChI=1S/C22H32N2O4/c1-5-16-13-24(21(26)22(2,3)4)9-8-17(16)11-20(25)23-12-15-6-7-18-19(10-15)28-14-27-18/h6-7,10,16-17H,5,8-9,11-14H2,1-4H3,(H,23,25)/t16-,17+/m1/s1. The number of hydrogen-bond donors (Lipinski definition) is 1. The Morgan fingerprint density at radius 2 is 1.93 bits per heavy atom. The van der Waals surface area contributed by atoms with Crippen LogP contribution in [0.2, 0.25) is 0 Å². The molecule has 6 heteroatoms. The molecule has 1 aromatic rings. The molecular formula is C22H32N2O4. The van der Waals surface area contributed by atoms with Crippen LogP contribution in [-0.2, 0) is 16.1 Å². The van der Waals surface area contributed by atoms with Gasteiger partial charge in [0, 0.05) is 31.5 Å². The maximum absolute atomic E-state index is 12.6. The van der Waals surface area contributed by atoms with Crippen molar-refractivity contribution in [2.75, 3.05) is 19.9 Å². The molecule has 2 atom stereocenters. The van der Waals surface area contributed by atoms with Crippen molar-refractivity contribution in [3.05, 3.63) is 23.8 Å². The van der Waals surface area contributed by atoms with Crippen LogP contribution in [0, 0.1) is 17.3 Å². The molecule has 1 saturated heterocycles. The molecule has 1 aromatic carbocycles. The summed E-state index contributed by atoms with van der Waals surface area (Å²) in [6.07, 6.45) is 2.38. The topological polar surface area (TPSA) is 67.9 Å². The molecule has 0 unspecified atom stereocenters. The van der Waals surface area contributed by atoms with E-state index in [0.717, 1.165) is 43.0 Å². The molecular weight excluding hydrogens is 356 g/mol. The van der Waals surface area contributed by atoms with Crippen molar-refractivity contribution in [1.29, 1.82) is 0 Å². The van der Waals surface area contributed by atoms with Crippen molar-refractivity contribution < 1.29 is 19.1 Å². The largest absolute Gasteiger partial charge is 0.454 e. The average molecular weight is 389 g/mol. The first-order valence-electron chi connectivity index (χ1n) is 10.2. The predicted molar refractivity (Wildman–Crippen MR) is 107 cm³/mol. The normalized spacial score (nSPS) is 21.5. The molecule has 2 amide bonds. The molecule has 1 fully saturated rings. The SMILES string of the molecule is CC[C@@H]1CN(C(=O)C(C)(C)C)CC[C@H]1CC(=O)NCc1ccc2c(c1)OCO2. The van der Waals surface area contributed by atoms with Crippen LogP contribution in [0.3, 0.4) is 0 Å². The molecule has 0 spiro atoms. The molecule has 6 nitrogen and oxygen atoms in total. The van der Waals surface area contributed by atoms with E-state index in [4.69, 9.17) is 9.47 Å². The second-order valence-corrected chi connectivity index (χ2v) is 8.89. The van der Waals surface area contributed by atoms with Gasteiger partial charge in [-0.15, -0.1) is 0 Å². The molecule has 0 radical (unpaired) electrons. The first-order chi connectivity index (χ1) is 13.3. The third-order valence-corrected chi connectivity index (χ3v) is 5.72. The number of carbonyl (C=O) groups excluding carboxylic acids is 2. The lowest BCUT2D eigenvalue weighted by molar-refractivity contribution is -0.142. The predicted octanol–water partition coefficient (Wildman–Crippen LogP) is 3.34. The summed E-state index contributed by atoms with van der Waals surface area (Å²) in [5.74, 6) is 2.45. The number of rotatable bonds is 5. The molecule has 28 heavy (non-hydrogen) atoms. The lowest BCUT2D eigenvalue weighted by Gasteiger charge is -2.40. The summed E-state index contributed by atoms with van der Waals surface area (Å²) < 4.78 is 10.7. The van der Waals surface area contributed by atoms with Crippen LogP contribution in [0.15, 0.2) is 18.2 Å². The number of fused-ring (bicyclic) bond motifs is 1. The number of amides is 2. The summed E-state index contributed by atoms with van der Waals surface area (Å²) in [5, 5.41) is 3.02. The van der Waals surface area contributed by atoms with Gasteiger partial charge in [0.2, 0.25) is 18.6 Å². The van der Waals surface area contributed by atoms with Gasteiger partial charge in [-0.1, -0.05) is 40.2 Å². The molecule has 154 valence electrons. The van der Waals surface area contributed by atoms with Gasteiger partial charge in [-0.2, -0.15) is 0 Å². The van der Waals surface area contributed by atoms with Crippen LogP contribution in [0.1, 0.15) is 52.5 Å². The van der Waals surface area contributed by atoms with Gasteiger partial charge in [-0.3, -0.25) is 9.59 Å². The lowest BCUT2D eigenvalue weighted by Crippen LogP contribution is -2.48. The van der Waals surface area contributed by atoms with Crippen LogP contribution < -0.4 is 14.8 Å². The van der Waals surface area contributed by atoms with E-state index in [1.165, 1.54) is 0 Å². The van der Waals surface area contributed by atoms with Gasteiger partial charge < -0.3 is 19.7 Å². The zero-order valence-electron chi connectivity index (χ0n) is 17.4. The number of likely N-dealkylation sites (tertiary alicyclic amines) is 1. The highest BCUT2D eigenvalue weighted by atomic mass is 16.7. The summed E-state index contributed by atoms with van der Waals surface area (Å²) in [5.41, 5.74) is 0.642. The van der Waals surface area contributed by atoms with Crippen molar-refractivity contribution in [1.82, 2.24) is 10.2 Å². The van der Waals surface area contributed by atoms with E-state index in [2.05, 4.69) is 12.2 Å². The van der Waals surface area contributed by atoms with Crippen LogP contribution in [0.5, 0.6) is 11.5 Å². The Bertz CT molecular complexity index is 726. The van der Waals surface area contributed by atoms with Crippen LogP contribution in [0.4, 0.5) is 0 Å². The number of nitrogens with zero attached hydrogens (tertiary/aromatic N) is 1. The molecule has 2 aliphatic heterocycles. The molecule has 2 heterocycles. The molecule has 0 bridgehead atoms. The fraction of sp³-hybridized carbons (Fsp3) is 0.636. The first kappa shape index (κ1) is 20.5. The molecule has 0 aliphatic carbocycles. The van der Waals surface area contributed by atoms with E-state index in [9.17, 15) is 9.59 Å². The van der Waals surface area contributed by atoms with Gasteiger partial charge in [0.25, 0.3) is 0 Å². The maximum atomic E-state index is 12.6. The third kappa shape index (κ3) is 4.78. The Kier molecular flexibility index (Phi) is 6.16. The number of piperidine rings is 1. The number of carbonyl (C=O) groups is 2. The second-order valence-electron chi connectivity index (χ2n) is 8.89. The Hall–Kier alpha value is -2.24. The Labute approximate surface area is 167 Å². The number of benzene rings is 1. The monoisotopic (exact) mass is 388 g/mol. The summed E-state index contributed by atoms with van der Waals surface area (Å²) in [4.78, 5) is 27.1. The zero-order chi connectivity index (χ0) is 20.3. The Morgan fingerprint density at radius 1 is 1.18 bits per heavy atom. The van der Waals surface area contributed by atoms with Crippen molar-refractivity contribution in [2.45, 2.75) is 53.5 Å². The fourth-order valence-corrected chi connectivity index (χ4v) is 4.03. The molecule has 0 saturated carbocycles. The third-order valence-electron chi connectivity index (χ3n) is 5.72.